The van der Waals surface area contributed by atoms with Crippen molar-refractivity contribution in [1.82, 2.24) is 9.62 Å². The highest BCUT2D eigenvalue weighted by Crippen LogP contribution is 2.65. The number of carbonyl (C=O) groups is 2. The van der Waals surface area contributed by atoms with Crippen molar-refractivity contribution in [2.75, 3.05) is 12.3 Å². The Morgan fingerprint density at radius 2 is 1.81 bits per heavy atom. The van der Waals surface area contributed by atoms with Gasteiger partial charge in [0.1, 0.15) is 0 Å². The lowest BCUT2D eigenvalue weighted by molar-refractivity contribution is -0.132. The zero-order chi connectivity index (χ0) is 23.3. The van der Waals surface area contributed by atoms with Crippen LogP contribution in [0.1, 0.15) is 90.7 Å². The standard InChI is InChI=1S/C16H27NS3.C8H15NO2/c1-2-3-4-8-14-20(18,19)17-13-9-12-16(17)15-10-6-5-7-11-15;1-4-6(3)8(11)9-7(10)5-2/h5-7,10-11,16,18-19H,2-4,8-9,12-14H2,1H3;6H,4-5H2,1-3H3,(H,9,10,11). The van der Waals surface area contributed by atoms with Gasteiger partial charge in [-0.1, -0.05) is 85.6 Å². The predicted octanol–water partition coefficient (Wildman–Crippen LogP) is 6.90. The molecule has 2 amide bonds. The monoisotopic (exact) mass is 486 g/mol. The molecule has 1 heterocycles. The molecule has 1 saturated heterocycles. The number of hydrogen-bond donors (Lipinski definition) is 3. The van der Waals surface area contributed by atoms with Crippen LogP contribution in [0, 0.1) is 5.92 Å². The van der Waals surface area contributed by atoms with E-state index in [1.807, 2.05) is 6.92 Å². The Labute approximate surface area is 201 Å². The molecule has 2 rings (SSSR count). The van der Waals surface area contributed by atoms with Crippen LogP contribution in [-0.2, 0) is 9.59 Å². The molecular formula is C24H42N2O2S3. The molecule has 7 heteroatoms. The van der Waals surface area contributed by atoms with Crippen LogP contribution >= 0.6 is 31.6 Å². The first kappa shape index (κ1) is 28.4. The van der Waals surface area contributed by atoms with Crippen LogP contribution in [0.15, 0.2) is 30.3 Å². The van der Waals surface area contributed by atoms with Crippen LogP contribution in [-0.4, -0.2) is 28.4 Å². The first-order valence-corrected chi connectivity index (χ1v) is 15.5. The fourth-order valence-corrected chi connectivity index (χ4v) is 7.30. The normalized spacial score (nSPS) is 18.1. The molecule has 0 aliphatic carbocycles. The number of nitrogens with one attached hydrogen (secondary N) is 1. The summed E-state index contributed by atoms with van der Waals surface area (Å²) in [4.78, 5) is 21.7. The van der Waals surface area contributed by atoms with Crippen molar-refractivity contribution in [3.63, 3.8) is 0 Å². The van der Waals surface area contributed by atoms with E-state index in [1.54, 1.807) is 13.8 Å². The SMILES string of the molecule is CCC(=O)NC(=O)C(C)CC.CCCCCCS(S)(S)N1CCCC1c1ccccc1. The molecule has 1 fully saturated rings. The molecule has 2 atom stereocenters. The quantitative estimate of drug-likeness (QED) is 0.191. The number of hydrogen-bond acceptors (Lipinski definition) is 5. The van der Waals surface area contributed by atoms with Crippen molar-refractivity contribution < 1.29 is 9.59 Å². The maximum atomic E-state index is 11.0. The van der Waals surface area contributed by atoms with Gasteiger partial charge in [-0.25, -0.2) is 4.31 Å². The predicted molar refractivity (Wildman–Crippen MR) is 143 cm³/mol. The number of rotatable bonds is 10. The van der Waals surface area contributed by atoms with E-state index in [0.717, 1.165) is 18.7 Å². The summed E-state index contributed by atoms with van der Waals surface area (Å²) in [7, 11) is -1.22. The van der Waals surface area contributed by atoms with E-state index < -0.39 is 8.28 Å². The van der Waals surface area contributed by atoms with Gasteiger partial charge in [-0.2, -0.15) is 0 Å². The molecular weight excluding hydrogens is 444 g/mol. The van der Waals surface area contributed by atoms with Gasteiger partial charge in [0.15, 0.2) is 0 Å². The minimum Gasteiger partial charge on any atom is -0.296 e. The minimum absolute atomic E-state index is 0.0644. The third-order valence-electron chi connectivity index (χ3n) is 5.68. The molecule has 0 radical (unpaired) electrons. The topological polar surface area (TPSA) is 49.4 Å². The van der Waals surface area contributed by atoms with Crippen LogP contribution in [0.5, 0.6) is 0 Å². The number of unbranched alkanes of at least 4 members (excludes halogenated alkanes) is 3. The van der Waals surface area contributed by atoms with Gasteiger partial charge in [-0.3, -0.25) is 14.9 Å². The van der Waals surface area contributed by atoms with Gasteiger partial charge in [0.2, 0.25) is 11.8 Å². The summed E-state index contributed by atoms with van der Waals surface area (Å²) >= 11 is 9.93. The first-order valence-electron chi connectivity index (χ1n) is 11.7. The molecule has 0 spiro atoms. The van der Waals surface area contributed by atoms with E-state index in [0.29, 0.717) is 12.5 Å². The molecule has 0 saturated carbocycles. The lowest BCUT2D eigenvalue weighted by Crippen LogP contribution is -2.33. The summed E-state index contributed by atoms with van der Waals surface area (Å²) in [6.45, 7) is 8.85. The highest BCUT2D eigenvalue weighted by molar-refractivity contribution is 9.17. The lowest BCUT2D eigenvalue weighted by atomic mass is 10.1. The Morgan fingerprint density at radius 1 is 1.13 bits per heavy atom. The van der Waals surface area contributed by atoms with E-state index in [2.05, 4.69) is 46.9 Å². The third-order valence-corrected chi connectivity index (χ3v) is 10.1. The smallest absolute Gasteiger partial charge is 0.229 e. The molecule has 31 heavy (non-hydrogen) atoms. The van der Waals surface area contributed by atoms with Gasteiger partial charge in [-0.15, -0.1) is 23.3 Å². The fourth-order valence-electron chi connectivity index (χ4n) is 3.47. The second-order valence-electron chi connectivity index (χ2n) is 8.18. The molecule has 1 N–H and O–H groups in total. The Kier molecular flexibility index (Phi) is 14.0. The zero-order valence-corrected chi connectivity index (χ0v) is 22.3. The molecule has 2 unspecified atom stereocenters. The molecule has 1 aliphatic rings. The van der Waals surface area contributed by atoms with Gasteiger partial charge in [0, 0.05) is 30.7 Å². The molecule has 178 valence electrons. The molecule has 0 aromatic heterocycles. The van der Waals surface area contributed by atoms with Crippen molar-refractivity contribution in [3.05, 3.63) is 35.9 Å². The maximum Gasteiger partial charge on any atom is 0.229 e. The number of carbonyl (C=O) groups excluding carboxylic acids is 2. The molecule has 0 bridgehead atoms. The van der Waals surface area contributed by atoms with Crippen molar-refractivity contribution in [3.8, 4) is 0 Å². The highest BCUT2D eigenvalue weighted by atomic mass is 33.5. The van der Waals surface area contributed by atoms with Crippen molar-refractivity contribution in [1.29, 1.82) is 0 Å². The van der Waals surface area contributed by atoms with Gasteiger partial charge >= 0.3 is 0 Å². The van der Waals surface area contributed by atoms with Gasteiger partial charge in [0.05, 0.1) is 0 Å². The van der Waals surface area contributed by atoms with Crippen LogP contribution in [0.3, 0.4) is 0 Å². The van der Waals surface area contributed by atoms with Crippen LogP contribution in [0.4, 0.5) is 0 Å². The second-order valence-corrected chi connectivity index (χ2v) is 14.8. The molecule has 4 nitrogen and oxygen atoms in total. The Balaban J connectivity index is 0.000000373. The van der Waals surface area contributed by atoms with E-state index in [4.69, 9.17) is 23.3 Å². The summed E-state index contributed by atoms with van der Waals surface area (Å²) in [5.74, 6) is 0.711. The first-order chi connectivity index (χ1) is 14.8. The average molecular weight is 487 g/mol. The average Bonchev–Trinajstić information content (AvgIpc) is 3.28. The van der Waals surface area contributed by atoms with Crippen molar-refractivity contribution >= 4 is 43.4 Å². The van der Waals surface area contributed by atoms with Gasteiger partial charge < -0.3 is 0 Å². The van der Waals surface area contributed by atoms with Crippen LogP contribution in [0.25, 0.3) is 0 Å². The maximum absolute atomic E-state index is 11.0. The Hall–Kier alpha value is -0.630. The van der Waals surface area contributed by atoms with Crippen LogP contribution < -0.4 is 5.32 Å². The number of imide groups is 1. The molecule has 1 aliphatic heterocycles. The second kappa shape index (κ2) is 15.3. The van der Waals surface area contributed by atoms with E-state index in [9.17, 15) is 9.59 Å². The Bertz CT molecular complexity index is 655. The number of nitrogens with zero attached hydrogens (tertiary/aromatic N) is 1. The molecule has 1 aromatic carbocycles. The summed E-state index contributed by atoms with van der Waals surface area (Å²) in [5.41, 5.74) is 1.43. The number of amides is 2. The zero-order valence-electron chi connectivity index (χ0n) is 19.7. The number of benzene rings is 1. The fraction of sp³-hybridized carbons (Fsp3) is 0.667. The van der Waals surface area contributed by atoms with Gasteiger partial charge in [0.25, 0.3) is 0 Å². The van der Waals surface area contributed by atoms with Gasteiger partial charge in [-0.05, 0) is 31.2 Å². The summed E-state index contributed by atoms with van der Waals surface area (Å²) in [5, 5.41) is 2.30. The number of thiol groups is 2. The minimum atomic E-state index is -1.22. The lowest BCUT2D eigenvalue weighted by Gasteiger charge is -2.42. The summed E-state index contributed by atoms with van der Waals surface area (Å²) in [6, 6.07) is 11.4. The Morgan fingerprint density at radius 3 is 2.39 bits per heavy atom. The van der Waals surface area contributed by atoms with E-state index in [1.165, 1.54) is 44.1 Å². The van der Waals surface area contributed by atoms with Crippen molar-refractivity contribution in [2.45, 2.75) is 85.1 Å². The molecule has 1 aromatic rings. The van der Waals surface area contributed by atoms with E-state index in [-0.39, 0.29) is 17.7 Å². The third kappa shape index (κ3) is 10.2. The van der Waals surface area contributed by atoms with E-state index >= 15 is 0 Å². The largest absolute Gasteiger partial charge is 0.296 e. The summed E-state index contributed by atoms with van der Waals surface area (Å²) < 4.78 is 2.57. The van der Waals surface area contributed by atoms with Crippen molar-refractivity contribution in [2.24, 2.45) is 5.92 Å². The van der Waals surface area contributed by atoms with Crippen LogP contribution in [0.2, 0.25) is 0 Å². The highest BCUT2D eigenvalue weighted by Gasteiger charge is 2.35. The summed E-state index contributed by atoms with van der Waals surface area (Å²) in [6.07, 6.45) is 8.84.